The molecule has 1 fully saturated rings. The fraction of sp³-hybridized carbons (Fsp3) is 0.600. The first-order chi connectivity index (χ1) is 11.0. The number of hydrogen-bond donors (Lipinski definition) is 1. The minimum atomic E-state index is -0.482. The third-order valence-electron chi connectivity index (χ3n) is 4.00. The van der Waals surface area contributed by atoms with Gasteiger partial charge in [-0.25, -0.2) is 4.79 Å². The summed E-state index contributed by atoms with van der Waals surface area (Å²) in [7, 11) is 0. The predicted octanol–water partition coefficient (Wildman–Crippen LogP) is 1.43. The average Bonchev–Trinajstić information content (AvgIpc) is 2.95. The molecule has 1 aliphatic rings. The monoisotopic (exact) mass is 336 g/mol. The van der Waals surface area contributed by atoms with E-state index in [4.69, 9.17) is 0 Å². The third-order valence-corrected chi connectivity index (χ3v) is 4.84. The van der Waals surface area contributed by atoms with Crippen LogP contribution in [0, 0.1) is 5.92 Å². The first-order valence-corrected chi connectivity index (χ1v) is 8.68. The van der Waals surface area contributed by atoms with Crippen LogP contribution in [0.15, 0.2) is 9.59 Å². The molecule has 8 heteroatoms. The minimum absolute atomic E-state index is 0.145. The van der Waals surface area contributed by atoms with Gasteiger partial charge in [-0.15, -0.1) is 0 Å². The molecule has 23 heavy (non-hydrogen) atoms. The van der Waals surface area contributed by atoms with Crippen LogP contribution in [0.5, 0.6) is 0 Å². The van der Waals surface area contributed by atoms with Crippen molar-refractivity contribution in [3.05, 3.63) is 25.7 Å². The second kappa shape index (κ2) is 6.27. The Morgan fingerprint density at radius 3 is 2.61 bits per heavy atom. The number of H-pyrrole nitrogens is 1. The Balaban J connectivity index is 2.06. The SMILES string of the molecule is CC(C)Cn1c(=O)[nH]c2c(C(=O)N3CCCCC3)snc2c1=O. The van der Waals surface area contributed by atoms with Gasteiger partial charge in [0.15, 0.2) is 5.52 Å². The maximum atomic E-state index is 12.6. The second-order valence-corrected chi connectivity index (χ2v) is 7.10. The number of carbonyl (C=O) groups excluding carboxylic acids is 1. The standard InChI is InChI=1S/C15H20N4O3S/c1-9(2)8-19-13(20)11-10(16-15(19)22)12(23-17-11)14(21)18-6-4-3-5-7-18/h9H,3-8H2,1-2H3,(H,16,22). The molecule has 124 valence electrons. The van der Waals surface area contributed by atoms with Gasteiger partial charge in [0.1, 0.15) is 4.88 Å². The Bertz CT molecular complexity index is 843. The van der Waals surface area contributed by atoms with E-state index in [2.05, 4.69) is 9.36 Å². The largest absolute Gasteiger partial charge is 0.338 e. The van der Waals surface area contributed by atoms with Crippen molar-refractivity contribution >= 4 is 28.5 Å². The predicted molar refractivity (Wildman–Crippen MR) is 89.1 cm³/mol. The van der Waals surface area contributed by atoms with Gasteiger partial charge in [0.2, 0.25) is 0 Å². The van der Waals surface area contributed by atoms with Gasteiger partial charge < -0.3 is 9.88 Å². The van der Waals surface area contributed by atoms with E-state index in [-0.39, 0.29) is 22.9 Å². The Morgan fingerprint density at radius 2 is 1.96 bits per heavy atom. The lowest BCUT2D eigenvalue weighted by Gasteiger charge is -2.26. The van der Waals surface area contributed by atoms with Crippen LogP contribution in [0.25, 0.3) is 11.0 Å². The lowest BCUT2D eigenvalue weighted by molar-refractivity contribution is 0.0731. The lowest BCUT2D eigenvalue weighted by atomic mass is 10.1. The van der Waals surface area contributed by atoms with Gasteiger partial charge in [-0.2, -0.15) is 4.37 Å². The zero-order valence-corrected chi connectivity index (χ0v) is 14.1. The summed E-state index contributed by atoms with van der Waals surface area (Å²) >= 11 is 0.990. The summed E-state index contributed by atoms with van der Waals surface area (Å²) in [4.78, 5) is 42.1. The van der Waals surface area contributed by atoms with E-state index < -0.39 is 11.2 Å². The average molecular weight is 336 g/mol. The van der Waals surface area contributed by atoms with Crippen molar-refractivity contribution in [1.29, 1.82) is 0 Å². The highest BCUT2D eigenvalue weighted by atomic mass is 32.1. The van der Waals surface area contributed by atoms with E-state index in [1.165, 1.54) is 0 Å². The van der Waals surface area contributed by atoms with E-state index in [1.807, 2.05) is 13.8 Å². The molecule has 0 unspecified atom stereocenters. The number of nitrogens with zero attached hydrogens (tertiary/aromatic N) is 3. The lowest BCUT2D eigenvalue weighted by Crippen LogP contribution is -2.37. The van der Waals surface area contributed by atoms with Crippen LogP contribution >= 0.6 is 11.5 Å². The van der Waals surface area contributed by atoms with Crippen molar-refractivity contribution in [2.75, 3.05) is 13.1 Å². The number of likely N-dealkylation sites (tertiary alicyclic amines) is 1. The van der Waals surface area contributed by atoms with Crippen molar-refractivity contribution in [3.8, 4) is 0 Å². The number of amides is 1. The number of rotatable bonds is 3. The van der Waals surface area contributed by atoms with Crippen LogP contribution in [-0.4, -0.2) is 37.8 Å². The molecular formula is C15H20N4O3S. The molecule has 0 aromatic carbocycles. The Kier molecular flexibility index (Phi) is 4.34. The van der Waals surface area contributed by atoms with Crippen LogP contribution in [0.3, 0.4) is 0 Å². The molecule has 7 nitrogen and oxygen atoms in total. The molecule has 1 saturated heterocycles. The quantitative estimate of drug-likeness (QED) is 0.918. The zero-order chi connectivity index (χ0) is 16.6. The smallest absolute Gasteiger partial charge is 0.328 e. The van der Waals surface area contributed by atoms with Gasteiger partial charge in [-0.3, -0.25) is 14.2 Å². The molecule has 3 rings (SSSR count). The zero-order valence-electron chi connectivity index (χ0n) is 13.3. The molecule has 1 amide bonds. The topological polar surface area (TPSA) is 88.1 Å². The molecule has 1 aliphatic heterocycles. The van der Waals surface area contributed by atoms with Crippen LogP contribution in [-0.2, 0) is 6.54 Å². The molecule has 0 spiro atoms. The Morgan fingerprint density at radius 1 is 1.26 bits per heavy atom. The number of piperidine rings is 1. The molecule has 0 bridgehead atoms. The molecule has 3 heterocycles. The first kappa shape index (κ1) is 15.9. The summed E-state index contributed by atoms with van der Waals surface area (Å²) in [6.07, 6.45) is 3.10. The molecule has 2 aromatic heterocycles. The van der Waals surface area contributed by atoms with Crippen molar-refractivity contribution < 1.29 is 4.79 Å². The third kappa shape index (κ3) is 2.95. The summed E-state index contributed by atoms with van der Waals surface area (Å²) in [5, 5.41) is 0. The summed E-state index contributed by atoms with van der Waals surface area (Å²) in [5.74, 6) is 0.0215. The van der Waals surface area contributed by atoms with Crippen molar-refractivity contribution in [2.24, 2.45) is 5.92 Å². The summed E-state index contributed by atoms with van der Waals surface area (Å²) in [6.45, 7) is 5.63. The summed E-state index contributed by atoms with van der Waals surface area (Å²) in [6, 6.07) is 0. The molecule has 0 aliphatic carbocycles. The van der Waals surface area contributed by atoms with Gasteiger partial charge in [0, 0.05) is 19.6 Å². The van der Waals surface area contributed by atoms with E-state index in [0.29, 0.717) is 24.5 Å². The number of carbonyl (C=O) groups is 1. The first-order valence-electron chi connectivity index (χ1n) is 7.91. The number of aromatic amines is 1. The summed E-state index contributed by atoms with van der Waals surface area (Å²) in [5.41, 5.74) is -0.452. The summed E-state index contributed by atoms with van der Waals surface area (Å²) < 4.78 is 5.29. The highest BCUT2D eigenvalue weighted by molar-refractivity contribution is 7.09. The molecular weight excluding hydrogens is 316 g/mol. The van der Waals surface area contributed by atoms with E-state index in [0.717, 1.165) is 35.4 Å². The van der Waals surface area contributed by atoms with Gasteiger partial charge in [-0.05, 0) is 36.7 Å². The fourth-order valence-electron chi connectivity index (χ4n) is 2.86. The molecule has 0 saturated carbocycles. The second-order valence-electron chi connectivity index (χ2n) is 6.33. The molecule has 0 atom stereocenters. The van der Waals surface area contributed by atoms with E-state index in [9.17, 15) is 14.4 Å². The van der Waals surface area contributed by atoms with Crippen molar-refractivity contribution in [1.82, 2.24) is 18.8 Å². The van der Waals surface area contributed by atoms with Crippen LogP contribution in [0.4, 0.5) is 0 Å². The highest BCUT2D eigenvalue weighted by Crippen LogP contribution is 2.21. The Hall–Kier alpha value is -1.96. The maximum Gasteiger partial charge on any atom is 0.328 e. The number of hydrogen-bond acceptors (Lipinski definition) is 5. The van der Waals surface area contributed by atoms with Gasteiger partial charge in [-0.1, -0.05) is 13.8 Å². The van der Waals surface area contributed by atoms with Gasteiger partial charge in [0.05, 0.1) is 5.52 Å². The Labute approximate surface area is 137 Å². The van der Waals surface area contributed by atoms with Crippen molar-refractivity contribution in [3.63, 3.8) is 0 Å². The van der Waals surface area contributed by atoms with Crippen LogP contribution < -0.4 is 11.2 Å². The van der Waals surface area contributed by atoms with Crippen molar-refractivity contribution in [2.45, 2.75) is 39.7 Å². The molecule has 1 N–H and O–H groups in total. The molecule has 2 aromatic rings. The van der Waals surface area contributed by atoms with Gasteiger partial charge >= 0.3 is 5.69 Å². The normalized spacial score (nSPS) is 15.5. The molecule has 0 radical (unpaired) electrons. The number of nitrogens with one attached hydrogen (secondary N) is 1. The maximum absolute atomic E-state index is 12.6. The van der Waals surface area contributed by atoms with Crippen LogP contribution in [0.1, 0.15) is 42.8 Å². The number of aromatic nitrogens is 3. The minimum Gasteiger partial charge on any atom is -0.338 e. The van der Waals surface area contributed by atoms with E-state index in [1.54, 1.807) is 4.90 Å². The van der Waals surface area contributed by atoms with E-state index >= 15 is 0 Å². The van der Waals surface area contributed by atoms with Crippen LogP contribution in [0.2, 0.25) is 0 Å². The number of fused-ring (bicyclic) bond motifs is 1. The fourth-order valence-corrected chi connectivity index (χ4v) is 3.66. The van der Waals surface area contributed by atoms with Gasteiger partial charge in [0.25, 0.3) is 11.5 Å². The highest BCUT2D eigenvalue weighted by Gasteiger charge is 2.24.